The SMILES string of the molecule is COC(=O)N[C@H](C=O)[C@@H](C)OC. The van der Waals surface area contributed by atoms with Crippen LogP contribution in [0.15, 0.2) is 0 Å². The normalized spacial score (nSPS) is 14.6. The number of methoxy groups -OCH3 is 2. The Morgan fingerprint density at radius 3 is 2.42 bits per heavy atom. The fourth-order valence-corrected chi connectivity index (χ4v) is 0.604. The predicted octanol–water partition coefficient (Wildman–Crippen LogP) is -0.0552. The van der Waals surface area contributed by atoms with Crippen LogP contribution in [-0.4, -0.2) is 38.7 Å². The van der Waals surface area contributed by atoms with Crippen molar-refractivity contribution in [1.29, 1.82) is 0 Å². The second kappa shape index (κ2) is 5.54. The van der Waals surface area contributed by atoms with Crippen LogP contribution >= 0.6 is 0 Å². The van der Waals surface area contributed by atoms with Crippen molar-refractivity contribution in [3.05, 3.63) is 0 Å². The molecule has 0 aromatic heterocycles. The Bertz CT molecular complexity index is 159. The van der Waals surface area contributed by atoms with E-state index in [1.807, 2.05) is 0 Å². The second-order valence-corrected chi connectivity index (χ2v) is 2.24. The Hall–Kier alpha value is -1.10. The summed E-state index contributed by atoms with van der Waals surface area (Å²) in [4.78, 5) is 21.1. The van der Waals surface area contributed by atoms with Gasteiger partial charge in [-0.3, -0.25) is 0 Å². The minimum atomic E-state index is -0.664. The third-order valence-corrected chi connectivity index (χ3v) is 1.49. The summed E-state index contributed by atoms with van der Waals surface area (Å²) in [7, 11) is 2.69. The molecule has 0 spiro atoms. The predicted molar refractivity (Wildman–Crippen MR) is 41.9 cm³/mol. The first kappa shape index (κ1) is 10.9. The van der Waals surface area contributed by atoms with E-state index in [1.165, 1.54) is 14.2 Å². The highest BCUT2D eigenvalue weighted by Crippen LogP contribution is 1.94. The number of carbonyl (C=O) groups excluding carboxylic acids is 2. The first-order valence-corrected chi connectivity index (χ1v) is 3.48. The standard InChI is InChI=1S/C7H13NO4/c1-5(11-2)6(4-9)8-7(10)12-3/h4-6H,1-3H3,(H,8,10)/t5-,6-/m1/s1. The molecule has 0 aromatic rings. The van der Waals surface area contributed by atoms with E-state index in [-0.39, 0.29) is 6.10 Å². The van der Waals surface area contributed by atoms with Crippen LogP contribution in [0, 0.1) is 0 Å². The van der Waals surface area contributed by atoms with Gasteiger partial charge < -0.3 is 19.6 Å². The van der Waals surface area contributed by atoms with Crippen molar-refractivity contribution >= 4 is 12.4 Å². The molecule has 0 bridgehead atoms. The monoisotopic (exact) mass is 175 g/mol. The number of rotatable bonds is 4. The lowest BCUT2D eigenvalue weighted by atomic mass is 10.2. The summed E-state index contributed by atoms with van der Waals surface area (Å²) < 4.78 is 9.16. The van der Waals surface area contributed by atoms with Gasteiger partial charge in [0.2, 0.25) is 0 Å². The Kier molecular flexibility index (Phi) is 5.03. The van der Waals surface area contributed by atoms with Gasteiger partial charge in [0, 0.05) is 7.11 Å². The quantitative estimate of drug-likeness (QED) is 0.608. The molecule has 0 saturated carbocycles. The zero-order valence-corrected chi connectivity index (χ0v) is 7.37. The van der Waals surface area contributed by atoms with Gasteiger partial charge in [0.1, 0.15) is 12.3 Å². The molecular weight excluding hydrogens is 162 g/mol. The summed E-state index contributed by atoms with van der Waals surface area (Å²) in [6.07, 6.45) is -0.400. The third-order valence-electron chi connectivity index (χ3n) is 1.49. The summed E-state index contributed by atoms with van der Waals surface area (Å²) in [6.45, 7) is 1.68. The largest absolute Gasteiger partial charge is 0.453 e. The molecule has 0 aliphatic heterocycles. The number of ether oxygens (including phenoxy) is 2. The number of carbonyl (C=O) groups is 2. The van der Waals surface area contributed by atoms with Gasteiger partial charge in [0.15, 0.2) is 0 Å². The van der Waals surface area contributed by atoms with Crippen molar-refractivity contribution in [2.45, 2.75) is 19.1 Å². The van der Waals surface area contributed by atoms with Crippen LogP contribution in [0.25, 0.3) is 0 Å². The summed E-state index contributed by atoms with van der Waals surface area (Å²) >= 11 is 0. The molecular formula is C7H13NO4. The van der Waals surface area contributed by atoms with E-state index >= 15 is 0 Å². The zero-order valence-electron chi connectivity index (χ0n) is 7.37. The van der Waals surface area contributed by atoms with Crippen LogP contribution in [0.1, 0.15) is 6.92 Å². The molecule has 0 aliphatic rings. The molecule has 0 radical (unpaired) electrons. The summed E-state index contributed by atoms with van der Waals surface area (Å²) in [5.41, 5.74) is 0. The van der Waals surface area contributed by atoms with Gasteiger partial charge in [-0.15, -0.1) is 0 Å². The smallest absolute Gasteiger partial charge is 0.407 e. The van der Waals surface area contributed by atoms with Crippen molar-refractivity contribution in [3.63, 3.8) is 0 Å². The molecule has 0 aromatic carbocycles. The van der Waals surface area contributed by atoms with E-state index < -0.39 is 12.1 Å². The molecule has 1 amide bonds. The van der Waals surface area contributed by atoms with Crippen LogP contribution in [0.2, 0.25) is 0 Å². The fourth-order valence-electron chi connectivity index (χ4n) is 0.604. The zero-order chi connectivity index (χ0) is 9.56. The highest BCUT2D eigenvalue weighted by atomic mass is 16.5. The van der Waals surface area contributed by atoms with Gasteiger partial charge in [0.05, 0.1) is 13.2 Å². The number of hydrogen-bond acceptors (Lipinski definition) is 4. The number of nitrogens with one attached hydrogen (secondary N) is 1. The highest BCUT2D eigenvalue weighted by Gasteiger charge is 2.18. The van der Waals surface area contributed by atoms with E-state index in [4.69, 9.17) is 4.74 Å². The Labute approximate surface area is 71.0 Å². The molecule has 1 N–H and O–H groups in total. The molecule has 12 heavy (non-hydrogen) atoms. The van der Waals surface area contributed by atoms with Crippen LogP contribution in [0.3, 0.4) is 0 Å². The van der Waals surface area contributed by atoms with E-state index in [9.17, 15) is 9.59 Å². The summed E-state index contributed by atoms with van der Waals surface area (Å²) in [6, 6.07) is -0.664. The van der Waals surface area contributed by atoms with Crippen LogP contribution in [0.4, 0.5) is 4.79 Å². The number of hydrogen-bond donors (Lipinski definition) is 1. The average Bonchev–Trinajstić information content (AvgIpc) is 2.12. The molecule has 0 heterocycles. The van der Waals surface area contributed by atoms with Crippen LogP contribution in [0.5, 0.6) is 0 Å². The minimum Gasteiger partial charge on any atom is -0.453 e. The van der Waals surface area contributed by atoms with Crippen LogP contribution < -0.4 is 5.32 Å². The van der Waals surface area contributed by atoms with Gasteiger partial charge in [-0.25, -0.2) is 4.79 Å². The molecule has 5 heteroatoms. The fraction of sp³-hybridized carbons (Fsp3) is 0.714. The number of aldehydes is 1. The van der Waals surface area contributed by atoms with E-state index in [0.717, 1.165) is 0 Å². The molecule has 0 saturated heterocycles. The first-order valence-electron chi connectivity index (χ1n) is 3.48. The van der Waals surface area contributed by atoms with Crippen LogP contribution in [-0.2, 0) is 14.3 Å². The van der Waals surface area contributed by atoms with E-state index in [2.05, 4.69) is 10.1 Å². The van der Waals surface area contributed by atoms with E-state index in [0.29, 0.717) is 6.29 Å². The Balaban J connectivity index is 3.98. The Morgan fingerprint density at radius 1 is 1.50 bits per heavy atom. The van der Waals surface area contributed by atoms with Crippen molar-refractivity contribution in [3.8, 4) is 0 Å². The van der Waals surface area contributed by atoms with Gasteiger partial charge >= 0.3 is 6.09 Å². The van der Waals surface area contributed by atoms with Crippen molar-refractivity contribution in [2.24, 2.45) is 0 Å². The average molecular weight is 175 g/mol. The van der Waals surface area contributed by atoms with Crippen molar-refractivity contribution < 1.29 is 19.1 Å². The number of alkyl carbamates (subject to hydrolysis) is 1. The maximum Gasteiger partial charge on any atom is 0.407 e. The first-order chi connectivity index (χ1) is 5.65. The molecule has 5 nitrogen and oxygen atoms in total. The molecule has 2 atom stereocenters. The van der Waals surface area contributed by atoms with Crippen molar-refractivity contribution in [2.75, 3.05) is 14.2 Å². The second-order valence-electron chi connectivity index (χ2n) is 2.24. The van der Waals surface area contributed by atoms with Gasteiger partial charge in [0.25, 0.3) is 0 Å². The summed E-state index contributed by atoms with van der Waals surface area (Å²) in [5.74, 6) is 0. The van der Waals surface area contributed by atoms with Gasteiger partial charge in [-0.05, 0) is 6.92 Å². The van der Waals surface area contributed by atoms with E-state index in [1.54, 1.807) is 6.92 Å². The molecule has 0 fully saturated rings. The topological polar surface area (TPSA) is 64.6 Å². The van der Waals surface area contributed by atoms with Crippen molar-refractivity contribution in [1.82, 2.24) is 5.32 Å². The summed E-state index contributed by atoms with van der Waals surface area (Å²) in [5, 5.41) is 2.31. The van der Waals surface area contributed by atoms with Gasteiger partial charge in [-0.1, -0.05) is 0 Å². The lowest BCUT2D eigenvalue weighted by molar-refractivity contribution is -0.112. The maximum absolute atomic E-state index is 10.7. The Morgan fingerprint density at radius 2 is 2.08 bits per heavy atom. The molecule has 0 unspecified atom stereocenters. The molecule has 0 aliphatic carbocycles. The lowest BCUT2D eigenvalue weighted by Crippen LogP contribution is -2.43. The van der Waals surface area contributed by atoms with Gasteiger partial charge in [-0.2, -0.15) is 0 Å². The third kappa shape index (κ3) is 3.34. The molecule has 70 valence electrons. The lowest BCUT2D eigenvalue weighted by Gasteiger charge is -2.17. The number of amides is 1. The minimum absolute atomic E-state index is 0.360. The maximum atomic E-state index is 10.7. The molecule has 0 rings (SSSR count). The highest BCUT2D eigenvalue weighted by molar-refractivity contribution is 5.73.